The number of ether oxygens (including phenoxy) is 4. The van der Waals surface area contributed by atoms with Crippen LogP contribution in [0.1, 0.15) is 61.8 Å². The van der Waals surface area contributed by atoms with E-state index in [0.717, 1.165) is 81.0 Å². The maximum Gasteiger partial charge on any atom is 0.344 e. The molecule has 238 valence electrons. The lowest BCUT2D eigenvalue weighted by atomic mass is 9.96. The first kappa shape index (κ1) is 32.7. The lowest BCUT2D eigenvalue weighted by Gasteiger charge is -2.26. The van der Waals surface area contributed by atoms with Crippen molar-refractivity contribution in [1.29, 1.82) is 0 Å². The summed E-state index contributed by atoms with van der Waals surface area (Å²) >= 11 is 3.40. The molecule has 0 fully saturated rings. The highest BCUT2D eigenvalue weighted by atomic mass is 32.2. The number of carboxylic acid groups (broad SMARTS) is 1. The number of carboxylic acids is 1. The number of hydrogen-bond acceptors (Lipinski definition) is 8. The zero-order valence-corrected chi connectivity index (χ0v) is 27.8. The van der Waals surface area contributed by atoms with Crippen molar-refractivity contribution in [1.82, 2.24) is 4.98 Å². The van der Waals surface area contributed by atoms with E-state index in [9.17, 15) is 9.90 Å². The summed E-state index contributed by atoms with van der Waals surface area (Å²) in [5.41, 5.74) is 6.22. The van der Waals surface area contributed by atoms with Crippen LogP contribution in [0.15, 0.2) is 64.3 Å². The van der Waals surface area contributed by atoms with E-state index in [1.165, 1.54) is 5.56 Å². The molecular weight excluding hydrogens is 607 g/mol. The van der Waals surface area contributed by atoms with Crippen LogP contribution >= 0.6 is 23.1 Å². The predicted octanol–water partition coefficient (Wildman–Crippen LogP) is 8.64. The fraction of sp³-hybridized carbons (Fsp3) is 0.389. The van der Waals surface area contributed by atoms with Crippen LogP contribution in [0.4, 0.5) is 0 Å². The Morgan fingerprint density at radius 1 is 1.00 bits per heavy atom. The summed E-state index contributed by atoms with van der Waals surface area (Å²) in [7, 11) is 1.71. The molecule has 7 nitrogen and oxygen atoms in total. The van der Waals surface area contributed by atoms with Crippen LogP contribution in [0.5, 0.6) is 23.0 Å². The number of thiazole rings is 1. The lowest BCUT2D eigenvalue weighted by Crippen LogP contribution is -2.31. The minimum absolute atomic E-state index is 0.471. The quantitative estimate of drug-likeness (QED) is 0.0955. The molecule has 0 radical (unpaired) electrons. The summed E-state index contributed by atoms with van der Waals surface area (Å²) in [5.74, 6) is 3.03. The predicted molar refractivity (Wildman–Crippen MR) is 181 cm³/mol. The second-order valence-corrected chi connectivity index (χ2v) is 13.0. The third-order valence-electron chi connectivity index (χ3n) is 7.70. The van der Waals surface area contributed by atoms with E-state index in [4.69, 9.17) is 23.9 Å². The SMILES string of the molecule is CCCc1c(OCCCOc2ccc(-c3csc(SCc4ccccc4)n3)c(OC)c2CCC)ccc2c1OC(C(=O)O)CC2. The molecule has 4 aromatic rings. The molecule has 0 bridgehead atoms. The highest BCUT2D eigenvalue weighted by molar-refractivity contribution is 8.00. The first-order chi connectivity index (χ1) is 22.0. The highest BCUT2D eigenvalue weighted by Gasteiger charge is 2.28. The second-order valence-electron chi connectivity index (χ2n) is 11.0. The van der Waals surface area contributed by atoms with Crippen molar-refractivity contribution in [2.75, 3.05) is 20.3 Å². The van der Waals surface area contributed by atoms with Gasteiger partial charge in [-0.05, 0) is 55.0 Å². The molecule has 9 heteroatoms. The van der Waals surface area contributed by atoms with Gasteiger partial charge >= 0.3 is 5.97 Å². The summed E-state index contributed by atoms with van der Waals surface area (Å²) in [6, 6.07) is 18.5. The number of benzene rings is 3. The number of nitrogens with zero attached hydrogens (tertiary/aromatic N) is 1. The number of aromatic nitrogens is 1. The molecule has 1 atom stereocenters. The number of aryl methyl sites for hydroxylation is 1. The third kappa shape index (κ3) is 8.13. The monoisotopic (exact) mass is 647 g/mol. The van der Waals surface area contributed by atoms with Crippen LogP contribution in [0, 0.1) is 0 Å². The van der Waals surface area contributed by atoms with Gasteiger partial charge in [-0.3, -0.25) is 0 Å². The van der Waals surface area contributed by atoms with Gasteiger partial charge in [-0.25, -0.2) is 9.78 Å². The van der Waals surface area contributed by atoms with Gasteiger partial charge in [0.2, 0.25) is 0 Å². The Bertz CT molecular complexity index is 1570. The smallest absolute Gasteiger partial charge is 0.344 e. The fourth-order valence-corrected chi connectivity index (χ4v) is 7.32. The van der Waals surface area contributed by atoms with Gasteiger partial charge in [0.05, 0.1) is 26.0 Å². The van der Waals surface area contributed by atoms with Gasteiger partial charge in [-0.2, -0.15) is 0 Å². The van der Waals surface area contributed by atoms with Crippen LogP contribution in [-0.2, 0) is 29.8 Å². The largest absolute Gasteiger partial charge is 0.496 e. The first-order valence-corrected chi connectivity index (χ1v) is 17.5. The standard InChI is InChI=1S/C36H41NO6S2/c1-4-10-27-30(17-14-25-15-18-32(35(38)39)43-33(25)27)41-20-9-21-42-31-19-16-26(34(40-3)28(31)11-5-2)29-23-45-36(37-29)44-22-24-12-7-6-8-13-24/h6-8,12-14,16-17,19,23,32H,4-5,9-11,15,18,20-22H2,1-3H3,(H,38,39). The topological polar surface area (TPSA) is 87.1 Å². The molecule has 0 saturated carbocycles. The summed E-state index contributed by atoms with van der Waals surface area (Å²) < 4.78 is 25.4. The number of methoxy groups -OCH3 is 1. The average molecular weight is 648 g/mol. The molecule has 1 N–H and O–H groups in total. The fourth-order valence-electron chi connectivity index (χ4n) is 5.54. The van der Waals surface area contributed by atoms with Crippen molar-refractivity contribution < 1.29 is 28.8 Å². The van der Waals surface area contributed by atoms with Gasteiger partial charge in [0, 0.05) is 34.2 Å². The molecule has 2 heterocycles. The van der Waals surface area contributed by atoms with Crippen molar-refractivity contribution in [2.24, 2.45) is 0 Å². The van der Waals surface area contributed by atoms with Gasteiger partial charge < -0.3 is 24.1 Å². The van der Waals surface area contributed by atoms with Crippen LogP contribution in [0.3, 0.4) is 0 Å². The Balaban J connectivity index is 1.22. The molecule has 1 aliphatic rings. The summed E-state index contributed by atoms with van der Waals surface area (Å²) in [4.78, 5) is 16.5. The van der Waals surface area contributed by atoms with Crippen LogP contribution in [0.25, 0.3) is 11.3 Å². The van der Waals surface area contributed by atoms with Crippen molar-refractivity contribution in [3.8, 4) is 34.3 Å². The van der Waals surface area contributed by atoms with Gasteiger partial charge in [-0.15, -0.1) is 11.3 Å². The Morgan fingerprint density at radius 2 is 1.71 bits per heavy atom. The molecule has 3 aromatic carbocycles. The van der Waals surface area contributed by atoms with Gasteiger partial charge in [0.15, 0.2) is 10.4 Å². The summed E-state index contributed by atoms with van der Waals surface area (Å²) in [6.45, 7) is 5.21. The molecule has 45 heavy (non-hydrogen) atoms. The van der Waals surface area contributed by atoms with Crippen LogP contribution in [0.2, 0.25) is 0 Å². The van der Waals surface area contributed by atoms with E-state index < -0.39 is 12.1 Å². The number of aliphatic carboxylic acids is 1. The van der Waals surface area contributed by atoms with Crippen LogP contribution < -0.4 is 18.9 Å². The van der Waals surface area contributed by atoms with E-state index in [1.807, 2.05) is 30.3 Å². The maximum absolute atomic E-state index is 11.6. The molecule has 5 rings (SSSR count). The van der Waals surface area contributed by atoms with Gasteiger partial charge in [0.25, 0.3) is 0 Å². The zero-order chi connectivity index (χ0) is 31.6. The molecule has 1 unspecified atom stereocenters. The number of rotatable bonds is 16. The van der Waals surface area contributed by atoms with E-state index >= 15 is 0 Å². The molecule has 1 aromatic heterocycles. The molecule has 0 spiro atoms. The molecule has 0 amide bonds. The molecule has 0 aliphatic carbocycles. The second kappa shape index (κ2) is 16.0. The van der Waals surface area contributed by atoms with E-state index in [2.05, 4.69) is 43.5 Å². The minimum Gasteiger partial charge on any atom is -0.496 e. The zero-order valence-electron chi connectivity index (χ0n) is 26.2. The first-order valence-electron chi connectivity index (χ1n) is 15.6. The number of carbonyl (C=O) groups is 1. The highest BCUT2D eigenvalue weighted by Crippen LogP contribution is 2.41. The Kier molecular flexibility index (Phi) is 11.7. The number of thioether (sulfide) groups is 1. The van der Waals surface area contributed by atoms with Crippen molar-refractivity contribution in [2.45, 2.75) is 75.0 Å². The summed E-state index contributed by atoms with van der Waals surface area (Å²) in [6.07, 6.45) is 4.50. The van der Waals surface area contributed by atoms with Crippen LogP contribution in [-0.4, -0.2) is 42.5 Å². The van der Waals surface area contributed by atoms with Crippen molar-refractivity contribution in [3.05, 3.63) is 82.2 Å². The third-order valence-corrected chi connectivity index (χ3v) is 9.79. The van der Waals surface area contributed by atoms with E-state index in [0.29, 0.717) is 38.2 Å². The Morgan fingerprint density at radius 3 is 2.42 bits per heavy atom. The van der Waals surface area contributed by atoms with E-state index in [-0.39, 0.29) is 0 Å². The normalized spacial score (nSPS) is 14.0. The lowest BCUT2D eigenvalue weighted by molar-refractivity contribution is -0.145. The summed E-state index contributed by atoms with van der Waals surface area (Å²) in [5, 5.41) is 11.6. The van der Waals surface area contributed by atoms with E-state index in [1.54, 1.807) is 30.2 Å². The van der Waals surface area contributed by atoms with Crippen molar-refractivity contribution in [3.63, 3.8) is 0 Å². The maximum atomic E-state index is 11.6. The van der Waals surface area contributed by atoms with Gasteiger partial charge in [-0.1, -0.05) is 74.8 Å². The average Bonchev–Trinajstić information content (AvgIpc) is 3.54. The molecule has 0 saturated heterocycles. The van der Waals surface area contributed by atoms with Gasteiger partial charge in [0.1, 0.15) is 23.0 Å². The Labute approximate surface area is 273 Å². The number of fused-ring (bicyclic) bond motifs is 1. The Hall–Kier alpha value is -3.69. The van der Waals surface area contributed by atoms with Crippen molar-refractivity contribution >= 4 is 29.1 Å². The minimum atomic E-state index is -0.923. The molecular formula is C36H41NO6S2. The molecule has 1 aliphatic heterocycles. The number of hydrogen-bond donors (Lipinski definition) is 1.